The second-order valence-electron chi connectivity index (χ2n) is 5.36. The largest absolute Gasteiger partial charge is 0.489 e. The maximum absolute atomic E-state index is 12.1. The zero-order chi connectivity index (χ0) is 14.9. The highest BCUT2D eigenvalue weighted by molar-refractivity contribution is 5.95. The van der Waals surface area contributed by atoms with Crippen molar-refractivity contribution in [3.63, 3.8) is 0 Å². The number of unbranched alkanes of at least 4 members (excludes halogenated alkanes) is 5. The van der Waals surface area contributed by atoms with Crippen LogP contribution in [0.25, 0.3) is 0 Å². The Kier molecular flexibility index (Phi) is 6.38. The monoisotopic (exact) mass is 291 g/mol. The number of esters is 1. The van der Waals surface area contributed by atoms with Crippen LogP contribution in [0, 0.1) is 0 Å². The summed E-state index contributed by atoms with van der Waals surface area (Å²) in [5, 5.41) is 3.22. The molecule has 2 rings (SSSR count). The molecule has 0 amide bonds. The van der Waals surface area contributed by atoms with Crippen LogP contribution in [0.2, 0.25) is 0 Å². The number of rotatable bonds is 8. The Hall–Kier alpha value is -1.71. The van der Waals surface area contributed by atoms with Gasteiger partial charge in [-0.1, -0.05) is 45.1 Å². The van der Waals surface area contributed by atoms with Gasteiger partial charge in [0.2, 0.25) is 0 Å². The van der Waals surface area contributed by atoms with Crippen LogP contribution in [-0.2, 0) is 4.74 Å². The van der Waals surface area contributed by atoms with Crippen LogP contribution in [0.4, 0.5) is 5.69 Å². The standard InChI is InChI=1S/C17H25NO3/c1-2-3-4-5-6-7-12-21-17(19)14-9-8-10-15-16(14)20-13-11-18-15/h8-10,18H,2-7,11-13H2,1H3. The van der Waals surface area contributed by atoms with Gasteiger partial charge in [0, 0.05) is 6.54 Å². The normalized spacial score (nSPS) is 13.0. The van der Waals surface area contributed by atoms with Crippen LogP contribution in [0.1, 0.15) is 55.8 Å². The van der Waals surface area contributed by atoms with Gasteiger partial charge in [-0.3, -0.25) is 0 Å². The number of anilines is 1. The minimum Gasteiger partial charge on any atom is -0.489 e. The van der Waals surface area contributed by atoms with Gasteiger partial charge < -0.3 is 14.8 Å². The number of nitrogens with one attached hydrogen (secondary N) is 1. The van der Waals surface area contributed by atoms with Crippen LogP contribution < -0.4 is 10.1 Å². The molecule has 4 heteroatoms. The van der Waals surface area contributed by atoms with Crippen LogP contribution >= 0.6 is 0 Å². The molecule has 0 unspecified atom stereocenters. The first-order chi connectivity index (χ1) is 10.3. The number of carbonyl (C=O) groups excluding carboxylic acids is 1. The Bertz CT molecular complexity index is 459. The highest BCUT2D eigenvalue weighted by atomic mass is 16.5. The first-order valence-corrected chi connectivity index (χ1v) is 7.99. The minimum atomic E-state index is -0.288. The van der Waals surface area contributed by atoms with Gasteiger partial charge in [-0.25, -0.2) is 4.79 Å². The molecule has 1 aliphatic heterocycles. The van der Waals surface area contributed by atoms with Crippen LogP contribution in [0.5, 0.6) is 5.75 Å². The van der Waals surface area contributed by atoms with Gasteiger partial charge in [0.25, 0.3) is 0 Å². The van der Waals surface area contributed by atoms with Crippen molar-refractivity contribution in [3.8, 4) is 5.75 Å². The Morgan fingerprint density at radius 1 is 1.24 bits per heavy atom. The minimum absolute atomic E-state index is 0.288. The zero-order valence-corrected chi connectivity index (χ0v) is 12.8. The number of hydrogen-bond donors (Lipinski definition) is 1. The third-order valence-corrected chi connectivity index (χ3v) is 3.63. The lowest BCUT2D eigenvalue weighted by molar-refractivity contribution is 0.0493. The van der Waals surface area contributed by atoms with Gasteiger partial charge in [-0.2, -0.15) is 0 Å². The smallest absolute Gasteiger partial charge is 0.342 e. The van der Waals surface area contributed by atoms with Gasteiger partial charge in [-0.15, -0.1) is 0 Å². The summed E-state index contributed by atoms with van der Waals surface area (Å²) in [7, 11) is 0. The van der Waals surface area contributed by atoms with Crippen LogP contribution in [0.3, 0.4) is 0 Å². The summed E-state index contributed by atoms with van der Waals surface area (Å²) in [6.45, 7) is 4.04. The Labute approximate surface area is 126 Å². The molecule has 1 N–H and O–H groups in total. The van der Waals surface area contributed by atoms with E-state index in [9.17, 15) is 4.79 Å². The Morgan fingerprint density at radius 2 is 2.05 bits per heavy atom. The van der Waals surface area contributed by atoms with Crippen molar-refractivity contribution in [3.05, 3.63) is 23.8 Å². The summed E-state index contributed by atoms with van der Waals surface area (Å²) in [4.78, 5) is 12.1. The number of para-hydroxylation sites is 1. The molecule has 0 fully saturated rings. The highest BCUT2D eigenvalue weighted by Crippen LogP contribution is 2.31. The van der Waals surface area contributed by atoms with E-state index >= 15 is 0 Å². The average Bonchev–Trinajstić information content (AvgIpc) is 2.53. The van der Waals surface area contributed by atoms with Gasteiger partial charge >= 0.3 is 5.97 Å². The van der Waals surface area contributed by atoms with Crippen molar-refractivity contribution in [2.45, 2.75) is 45.4 Å². The molecule has 1 heterocycles. The lowest BCUT2D eigenvalue weighted by Crippen LogP contribution is -2.20. The van der Waals surface area contributed by atoms with Gasteiger partial charge in [0.15, 0.2) is 5.75 Å². The molecule has 0 aliphatic carbocycles. The number of benzene rings is 1. The Morgan fingerprint density at radius 3 is 2.90 bits per heavy atom. The zero-order valence-electron chi connectivity index (χ0n) is 12.8. The molecule has 0 radical (unpaired) electrons. The summed E-state index contributed by atoms with van der Waals surface area (Å²) >= 11 is 0. The molecular weight excluding hydrogens is 266 g/mol. The molecule has 1 aromatic rings. The van der Waals surface area contributed by atoms with E-state index in [1.54, 1.807) is 6.07 Å². The number of carbonyl (C=O) groups is 1. The van der Waals surface area contributed by atoms with E-state index in [2.05, 4.69) is 12.2 Å². The molecule has 116 valence electrons. The predicted octanol–water partition coefficient (Wildman–Crippen LogP) is 4.01. The summed E-state index contributed by atoms with van der Waals surface area (Å²) in [6, 6.07) is 5.52. The molecule has 0 saturated carbocycles. The first kappa shape index (κ1) is 15.7. The van der Waals surface area contributed by atoms with Gasteiger partial charge in [0.1, 0.15) is 12.2 Å². The van der Waals surface area contributed by atoms with Crippen molar-refractivity contribution in [2.24, 2.45) is 0 Å². The fourth-order valence-electron chi connectivity index (χ4n) is 2.46. The molecule has 21 heavy (non-hydrogen) atoms. The molecule has 1 aromatic carbocycles. The van der Waals surface area contributed by atoms with Crippen molar-refractivity contribution in [2.75, 3.05) is 25.1 Å². The molecule has 1 aliphatic rings. The van der Waals surface area contributed by atoms with E-state index in [4.69, 9.17) is 9.47 Å². The topological polar surface area (TPSA) is 47.6 Å². The molecular formula is C17H25NO3. The maximum Gasteiger partial charge on any atom is 0.342 e. The van der Waals surface area contributed by atoms with Crippen molar-refractivity contribution in [1.82, 2.24) is 0 Å². The van der Waals surface area contributed by atoms with E-state index in [-0.39, 0.29) is 5.97 Å². The third kappa shape index (κ3) is 4.66. The van der Waals surface area contributed by atoms with E-state index in [0.29, 0.717) is 24.5 Å². The molecule has 0 spiro atoms. The predicted molar refractivity (Wildman–Crippen MR) is 84.1 cm³/mol. The first-order valence-electron chi connectivity index (χ1n) is 7.99. The van der Waals surface area contributed by atoms with Crippen LogP contribution in [-0.4, -0.2) is 25.7 Å². The number of fused-ring (bicyclic) bond motifs is 1. The van der Waals surface area contributed by atoms with E-state index in [1.165, 1.54) is 25.7 Å². The van der Waals surface area contributed by atoms with E-state index in [1.807, 2.05) is 12.1 Å². The molecule has 0 saturated heterocycles. The van der Waals surface area contributed by atoms with E-state index < -0.39 is 0 Å². The third-order valence-electron chi connectivity index (χ3n) is 3.63. The molecule has 0 aromatic heterocycles. The average molecular weight is 291 g/mol. The SMILES string of the molecule is CCCCCCCCOC(=O)c1cccc2c1OCCN2. The summed E-state index contributed by atoms with van der Waals surface area (Å²) in [5.74, 6) is 0.334. The molecule has 4 nitrogen and oxygen atoms in total. The fraction of sp³-hybridized carbons (Fsp3) is 0.588. The number of ether oxygens (including phenoxy) is 2. The second-order valence-corrected chi connectivity index (χ2v) is 5.36. The number of hydrogen-bond acceptors (Lipinski definition) is 4. The molecule has 0 atom stereocenters. The Balaban J connectivity index is 1.76. The fourth-order valence-corrected chi connectivity index (χ4v) is 2.46. The summed E-state index contributed by atoms with van der Waals surface area (Å²) in [5.41, 5.74) is 1.39. The quantitative estimate of drug-likeness (QED) is 0.581. The second kappa shape index (κ2) is 8.55. The van der Waals surface area contributed by atoms with Crippen molar-refractivity contribution >= 4 is 11.7 Å². The lowest BCUT2D eigenvalue weighted by Gasteiger charge is -2.21. The lowest BCUT2D eigenvalue weighted by atomic mass is 10.1. The summed E-state index contributed by atoms with van der Waals surface area (Å²) < 4.78 is 10.9. The summed E-state index contributed by atoms with van der Waals surface area (Å²) in [6.07, 6.45) is 7.10. The maximum atomic E-state index is 12.1. The van der Waals surface area contributed by atoms with Crippen molar-refractivity contribution < 1.29 is 14.3 Å². The van der Waals surface area contributed by atoms with Crippen molar-refractivity contribution in [1.29, 1.82) is 0 Å². The van der Waals surface area contributed by atoms with Gasteiger partial charge in [-0.05, 0) is 18.6 Å². The van der Waals surface area contributed by atoms with Gasteiger partial charge in [0.05, 0.1) is 12.3 Å². The molecule has 0 bridgehead atoms. The highest BCUT2D eigenvalue weighted by Gasteiger charge is 2.19. The van der Waals surface area contributed by atoms with Crippen LogP contribution in [0.15, 0.2) is 18.2 Å². The van der Waals surface area contributed by atoms with E-state index in [0.717, 1.165) is 25.1 Å².